The summed E-state index contributed by atoms with van der Waals surface area (Å²) in [6.07, 6.45) is 0.271. The van der Waals surface area contributed by atoms with Gasteiger partial charge in [0, 0.05) is 14.1 Å². The van der Waals surface area contributed by atoms with Crippen molar-refractivity contribution in [3.8, 4) is 0 Å². The number of carboxylic acid groups (broad SMARTS) is 1. The van der Waals surface area contributed by atoms with Gasteiger partial charge in [0.05, 0.1) is 5.39 Å². The summed E-state index contributed by atoms with van der Waals surface area (Å²) in [5.74, 6) is -1.73. The van der Waals surface area contributed by atoms with Gasteiger partial charge in [0.15, 0.2) is 0 Å². The van der Waals surface area contributed by atoms with Crippen molar-refractivity contribution in [3.05, 3.63) is 38.2 Å². The summed E-state index contributed by atoms with van der Waals surface area (Å²) in [6.45, 7) is 5.34. The van der Waals surface area contributed by atoms with Crippen LogP contribution < -0.4 is 16.6 Å². The van der Waals surface area contributed by atoms with E-state index >= 15 is 0 Å². The molecule has 0 aliphatic carbocycles. The second kappa shape index (κ2) is 7.11. The molecule has 0 saturated carbocycles. The summed E-state index contributed by atoms with van der Waals surface area (Å²) in [4.78, 5) is 52.4. The molecular formula is C17H22N4O5. The maximum Gasteiger partial charge on any atom is 0.332 e. The molecule has 9 nitrogen and oxygen atoms in total. The molecular weight excluding hydrogens is 340 g/mol. The van der Waals surface area contributed by atoms with Crippen molar-refractivity contribution in [3.63, 3.8) is 0 Å². The number of hydrogen-bond acceptors (Lipinski definition) is 5. The van der Waals surface area contributed by atoms with Crippen LogP contribution in [0.2, 0.25) is 0 Å². The lowest BCUT2D eigenvalue weighted by Gasteiger charge is -2.17. The van der Waals surface area contributed by atoms with Crippen LogP contribution in [0.3, 0.4) is 0 Å². The van der Waals surface area contributed by atoms with Crippen molar-refractivity contribution in [1.82, 2.24) is 19.4 Å². The number of pyridine rings is 1. The van der Waals surface area contributed by atoms with Gasteiger partial charge in [-0.1, -0.05) is 13.8 Å². The Labute approximate surface area is 149 Å². The van der Waals surface area contributed by atoms with Crippen LogP contribution in [0.5, 0.6) is 0 Å². The molecule has 1 unspecified atom stereocenters. The molecule has 1 atom stereocenters. The molecule has 140 valence electrons. The average molecular weight is 362 g/mol. The van der Waals surface area contributed by atoms with E-state index in [-0.39, 0.29) is 29.1 Å². The van der Waals surface area contributed by atoms with Crippen molar-refractivity contribution < 1.29 is 14.7 Å². The van der Waals surface area contributed by atoms with Gasteiger partial charge in [-0.2, -0.15) is 0 Å². The Morgan fingerprint density at radius 1 is 1.23 bits per heavy atom. The van der Waals surface area contributed by atoms with E-state index in [1.807, 2.05) is 13.8 Å². The van der Waals surface area contributed by atoms with Crippen LogP contribution >= 0.6 is 0 Å². The fraction of sp³-hybridized carbons (Fsp3) is 0.471. The molecule has 0 aliphatic heterocycles. The molecule has 26 heavy (non-hydrogen) atoms. The number of carboxylic acids is 1. The molecule has 2 heterocycles. The van der Waals surface area contributed by atoms with Crippen LogP contribution in [0, 0.1) is 12.8 Å². The molecule has 0 bridgehead atoms. The van der Waals surface area contributed by atoms with E-state index in [2.05, 4.69) is 10.3 Å². The van der Waals surface area contributed by atoms with Gasteiger partial charge in [-0.05, 0) is 30.9 Å². The van der Waals surface area contributed by atoms with E-state index in [4.69, 9.17) is 0 Å². The molecule has 9 heteroatoms. The number of rotatable bonds is 5. The zero-order valence-corrected chi connectivity index (χ0v) is 15.4. The Balaban J connectivity index is 2.54. The molecule has 0 aromatic carbocycles. The number of carbonyl (C=O) groups is 2. The minimum Gasteiger partial charge on any atom is -0.480 e. The van der Waals surface area contributed by atoms with Crippen LogP contribution in [0.25, 0.3) is 11.0 Å². The monoisotopic (exact) mass is 362 g/mol. The molecule has 0 aliphatic rings. The van der Waals surface area contributed by atoms with Crippen molar-refractivity contribution in [2.75, 3.05) is 0 Å². The molecule has 2 N–H and O–H groups in total. The first-order valence-corrected chi connectivity index (χ1v) is 8.15. The molecule has 0 radical (unpaired) electrons. The van der Waals surface area contributed by atoms with E-state index in [1.54, 1.807) is 6.92 Å². The fourth-order valence-electron chi connectivity index (χ4n) is 2.77. The zero-order chi connectivity index (χ0) is 19.8. The van der Waals surface area contributed by atoms with Gasteiger partial charge in [0.25, 0.3) is 11.5 Å². The van der Waals surface area contributed by atoms with Gasteiger partial charge in [-0.3, -0.25) is 18.7 Å². The Morgan fingerprint density at radius 2 is 1.85 bits per heavy atom. The standard InChI is InChI=1S/C17H22N4O5/c1-8(2)6-11(16(24)25)19-14(22)10-7-9(3)12-13(18-10)20(4)17(26)21(5)15(12)23/h7-8,11H,6H2,1-5H3,(H,19,22)(H,24,25). The number of nitrogens with one attached hydrogen (secondary N) is 1. The van der Waals surface area contributed by atoms with E-state index in [0.717, 1.165) is 4.57 Å². The smallest absolute Gasteiger partial charge is 0.332 e. The van der Waals surface area contributed by atoms with Gasteiger partial charge >= 0.3 is 11.7 Å². The largest absolute Gasteiger partial charge is 0.480 e. The van der Waals surface area contributed by atoms with E-state index in [1.165, 1.54) is 24.7 Å². The summed E-state index contributed by atoms with van der Waals surface area (Å²) < 4.78 is 2.16. The zero-order valence-electron chi connectivity index (χ0n) is 15.4. The number of hydrogen-bond donors (Lipinski definition) is 2. The third-order valence-electron chi connectivity index (χ3n) is 4.15. The van der Waals surface area contributed by atoms with Gasteiger partial charge in [0.2, 0.25) is 0 Å². The highest BCUT2D eigenvalue weighted by Crippen LogP contribution is 2.13. The topological polar surface area (TPSA) is 123 Å². The lowest BCUT2D eigenvalue weighted by atomic mass is 10.0. The third kappa shape index (κ3) is 3.51. The summed E-state index contributed by atoms with van der Waals surface area (Å²) >= 11 is 0. The highest BCUT2D eigenvalue weighted by atomic mass is 16.4. The Bertz CT molecular complexity index is 1000. The van der Waals surface area contributed by atoms with E-state index in [0.29, 0.717) is 5.56 Å². The van der Waals surface area contributed by atoms with Crippen molar-refractivity contribution in [2.45, 2.75) is 33.2 Å². The fourth-order valence-corrected chi connectivity index (χ4v) is 2.77. The quantitative estimate of drug-likeness (QED) is 0.781. The predicted octanol–water partition coefficient (Wildman–Crippen LogP) is 0.170. The minimum absolute atomic E-state index is 0.0479. The maximum atomic E-state index is 12.5. The Hall–Kier alpha value is -2.97. The van der Waals surface area contributed by atoms with Gasteiger partial charge in [0.1, 0.15) is 17.4 Å². The first-order valence-electron chi connectivity index (χ1n) is 8.15. The number of carbonyl (C=O) groups excluding carboxylic acids is 1. The first kappa shape index (κ1) is 19.4. The minimum atomic E-state index is -1.13. The molecule has 1 amide bonds. The number of aryl methyl sites for hydroxylation is 2. The lowest BCUT2D eigenvalue weighted by molar-refractivity contribution is -0.139. The van der Waals surface area contributed by atoms with E-state index in [9.17, 15) is 24.3 Å². The van der Waals surface area contributed by atoms with Crippen molar-refractivity contribution >= 4 is 22.9 Å². The van der Waals surface area contributed by atoms with Gasteiger partial charge < -0.3 is 10.4 Å². The second-order valence-electron chi connectivity index (χ2n) is 6.72. The molecule has 2 aromatic rings. The van der Waals surface area contributed by atoms with Crippen molar-refractivity contribution in [2.24, 2.45) is 20.0 Å². The third-order valence-corrected chi connectivity index (χ3v) is 4.15. The summed E-state index contributed by atoms with van der Waals surface area (Å²) in [5.41, 5.74) is -0.544. The number of fused-ring (bicyclic) bond motifs is 1. The molecule has 0 spiro atoms. The number of aromatic nitrogens is 3. The van der Waals surface area contributed by atoms with E-state index < -0.39 is 29.2 Å². The average Bonchev–Trinajstić information content (AvgIpc) is 2.56. The first-order chi connectivity index (χ1) is 12.0. The number of aliphatic carboxylic acids is 1. The summed E-state index contributed by atoms with van der Waals surface area (Å²) in [6, 6.07) is 0.366. The highest BCUT2D eigenvalue weighted by molar-refractivity contribution is 5.97. The van der Waals surface area contributed by atoms with Crippen molar-refractivity contribution in [1.29, 1.82) is 0 Å². The van der Waals surface area contributed by atoms with Crippen LogP contribution in [0.15, 0.2) is 15.7 Å². The summed E-state index contributed by atoms with van der Waals surface area (Å²) in [7, 11) is 2.82. The van der Waals surface area contributed by atoms with Crippen LogP contribution in [0.4, 0.5) is 0 Å². The van der Waals surface area contributed by atoms with Crippen LogP contribution in [0.1, 0.15) is 36.3 Å². The second-order valence-corrected chi connectivity index (χ2v) is 6.72. The maximum absolute atomic E-state index is 12.5. The Kier molecular flexibility index (Phi) is 5.29. The normalized spacial score (nSPS) is 12.4. The molecule has 2 rings (SSSR count). The predicted molar refractivity (Wildman–Crippen MR) is 95.3 cm³/mol. The van der Waals surface area contributed by atoms with Crippen LogP contribution in [-0.2, 0) is 18.9 Å². The number of amides is 1. The Morgan fingerprint density at radius 3 is 2.38 bits per heavy atom. The lowest BCUT2D eigenvalue weighted by Crippen LogP contribution is -2.42. The van der Waals surface area contributed by atoms with Gasteiger partial charge in [-0.15, -0.1) is 0 Å². The van der Waals surface area contributed by atoms with Crippen LogP contribution in [-0.4, -0.2) is 37.1 Å². The highest BCUT2D eigenvalue weighted by Gasteiger charge is 2.23. The number of nitrogens with zero attached hydrogens (tertiary/aromatic N) is 3. The molecule has 2 aromatic heterocycles. The molecule has 0 saturated heterocycles. The SMILES string of the molecule is Cc1cc(C(=O)NC(CC(C)C)C(=O)O)nc2c1c(=O)n(C)c(=O)n2C. The summed E-state index contributed by atoms with van der Waals surface area (Å²) in [5, 5.41) is 12.0. The van der Waals surface area contributed by atoms with Gasteiger partial charge in [-0.25, -0.2) is 14.6 Å². The molecule has 0 fully saturated rings.